The second-order valence-electron chi connectivity index (χ2n) is 5.97. The highest BCUT2D eigenvalue weighted by atomic mass is 16.6. The maximum Gasteiger partial charge on any atom is 0.330 e. The summed E-state index contributed by atoms with van der Waals surface area (Å²) in [7, 11) is 0. The van der Waals surface area contributed by atoms with Crippen molar-refractivity contribution in [3.05, 3.63) is 53.6 Å². The standard InChI is InChI=1S/C21H20O8/c1-13(22)28-19-7-4-15(12-20(19)29-14(2)23)5-8-21(26)27-10-9-16-3-6-17(24)18(25)11-16/h3-8,11-12,24-25H,9-10H2,1-2H3/b8-5+. The highest BCUT2D eigenvalue weighted by Gasteiger charge is 2.11. The lowest BCUT2D eigenvalue weighted by Gasteiger charge is -2.09. The molecule has 0 radical (unpaired) electrons. The number of phenols is 2. The lowest BCUT2D eigenvalue weighted by Crippen LogP contribution is -2.07. The van der Waals surface area contributed by atoms with Crippen molar-refractivity contribution < 1.29 is 38.8 Å². The van der Waals surface area contributed by atoms with Crippen LogP contribution < -0.4 is 9.47 Å². The van der Waals surface area contributed by atoms with Crippen LogP contribution in [0.2, 0.25) is 0 Å². The molecule has 0 aliphatic heterocycles. The Hall–Kier alpha value is -3.81. The van der Waals surface area contributed by atoms with Gasteiger partial charge in [-0.3, -0.25) is 9.59 Å². The molecular formula is C21H20O8. The van der Waals surface area contributed by atoms with Crippen LogP contribution in [0.15, 0.2) is 42.5 Å². The molecule has 0 saturated heterocycles. The topological polar surface area (TPSA) is 119 Å². The van der Waals surface area contributed by atoms with Crippen molar-refractivity contribution in [1.82, 2.24) is 0 Å². The highest BCUT2D eigenvalue weighted by molar-refractivity contribution is 5.87. The van der Waals surface area contributed by atoms with Crippen molar-refractivity contribution in [3.8, 4) is 23.0 Å². The monoisotopic (exact) mass is 400 g/mol. The van der Waals surface area contributed by atoms with Gasteiger partial charge in [-0.25, -0.2) is 4.79 Å². The Morgan fingerprint density at radius 2 is 1.59 bits per heavy atom. The number of benzene rings is 2. The zero-order chi connectivity index (χ0) is 21.4. The number of carbonyl (C=O) groups excluding carboxylic acids is 3. The molecule has 0 aliphatic rings. The molecule has 0 fully saturated rings. The molecule has 0 spiro atoms. The van der Waals surface area contributed by atoms with E-state index in [4.69, 9.17) is 14.2 Å². The largest absolute Gasteiger partial charge is 0.504 e. The van der Waals surface area contributed by atoms with E-state index in [0.717, 1.165) is 0 Å². The molecule has 0 atom stereocenters. The average molecular weight is 400 g/mol. The first-order valence-corrected chi connectivity index (χ1v) is 8.61. The lowest BCUT2D eigenvalue weighted by atomic mass is 10.1. The fourth-order valence-electron chi connectivity index (χ4n) is 2.31. The van der Waals surface area contributed by atoms with Crippen LogP contribution in [0.5, 0.6) is 23.0 Å². The van der Waals surface area contributed by atoms with Gasteiger partial charge in [-0.1, -0.05) is 12.1 Å². The van der Waals surface area contributed by atoms with Crippen molar-refractivity contribution in [2.24, 2.45) is 0 Å². The maximum atomic E-state index is 11.8. The molecule has 0 bridgehead atoms. The van der Waals surface area contributed by atoms with Gasteiger partial charge in [0.1, 0.15) is 0 Å². The van der Waals surface area contributed by atoms with E-state index in [1.165, 1.54) is 50.3 Å². The maximum absolute atomic E-state index is 11.8. The van der Waals surface area contributed by atoms with Crippen LogP contribution in [0.4, 0.5) is 0 Å². The van der Waals surface area contributed by atoms with Crippen molar-refractivity contribution in [1.29, 1.82) is 0 Å². The van der Waals surface area contributed by atoms with Crippen LogP contribution in [0.1, 0.15) is 25.0 Å². The van der Waals surface area contributed by atoms with Gasteiger partial charge in [-0.15, -0.1) is 0 Å². The molecule has 8 heteroatoms. The summed E-state index contributed by atoms with van der Waals surface area (Å²) in [5, 5.41) is 18.7. The molecule has 0 aromatic heterocycles. The number of hydrogen-bond donors (Lipinski definition) is 2. The molecule has 0 aliphatic carbocycles. The minimum absolute atomic E-state index is 0.0513. The third-order valence-corrected chi connectivity index (χ3v) is 3.56. The van der Waals surface area contributed by atoms with E-state index in [2.05, 4.69) is 0 Å². The van der Waals surface area contributed by atoms with E-state index in [1.807, 2.05) is 0 Å². The van der Waals surface area contributed by atoms with Gasteiger partial charge < -0.3 is 24.4 Å². The number of ether oxygens (including phenoxy) is 3. The van der Waals surface area contributed by atoms with E-state index in [-0.39, 0.29) is 29.6 Å². The molecule has 0 amide bonds. The summed E-state index contributed by atoms with van der Waals surface area (Å²) in [4.78, 5) is 34.2. The van der Waals surface area contributed by atoms with E-state index in [0.29, 0.717) is 17.5 Å². The first kappa shape index (κ1) is 21.5. The first-order valence-electron chi connectivity index (χ1n) is 8.61. The Morgan fingerprint density at radius 1 is 0.897 bits per heavy atom. The van der Waals surface area contributed by atoms with Crippen molar-refractivity contribution in [3.63, 3.8) is 0 Å². The lowest BCUT2D eigenvalue weighted by molar-refractivity contribution is -0.137. The molecule has 2 rings (SSSR count). The first-order chi connectivity index (χ1) is 13.7. The normalized spacial score (nSPS) is 10.6. The third-order valence-electron chi connectivity index (χ3n) is 3.56. The van der Waals surface area contributed by atoms with Crippen molar-refractivity contribution in [2.75, 3.05) is 6.61 Å². The van der Waals surface area contributed by atoms with Crippen LogP contribution in [-0.4, -0.2) is 34.7 Å². The molecule has 0 heterocycles. The predicted molar refractivity (Wildman–Crippen MR) is 103 cm³/mol. The molecule has 29 heavy (non-hydrogen) atoms. The number of phenolic OH excluding ortho intramolecular Hbond substituents is 2. The second-order valence-corrected chi connectivity index (χ2v) is 5.97. The van der Waals surface area contributed by atoms with E-state index < -0.39 is 17.9 Å². The van der Waals surface area contributed by atoms with Gasteiger partial charge >= 0.3 is 17.9 Å². The van der Waals surface area contributed by atoms with Crippen LogP contribution in [0.3, 0.4) is 0 Å². The smallest absolute Gasteiger partial charge is 0.330 e. The molecule has 152 valence electrons. The van der Waals surface area contributed by atoms with Gasteiger partial charge in [-0.05, 0) is 41.5 Å². The third kappa shape index (κ3) is 7.02. The van der Waals surface area contributed by atoms with Crippen LogP contribution >= 0.6 is 0 Å². The summed E-state index contributed by atoms with van der Waals surface area (Å²) in [6.45, 7) is 2.52. The van der Waals surface area contributed by atoms with E-state index in [1.54, 1.807) is 12.1 Å². The van der Waals surface area contributed by atoms with E-state index in [9.17, 15) is 24.6 Å². The van der Waals surface area contributed by atoms with Crippen LogP contribution in [-0.2, 0) is 25.5 Å². The number of esters is 3. The SMILES string of the molecule is CC(=O)Oc1ccc(/C=C/C(=O)OCCc2ccc(O)c(O)c2)cc1OC(C)=O. The molecule has 0 unspecified atom stereocenters. The van der Waals surface area contributed by atoms with Gasteiger partial charge in [-0.2, -0.15) is 0 Å². The van der Waals surface area contributed by atoms with Crippen molar-refractivity contribution in [2.45, 2.75) is 20.3 Å². The Labute approximate surface area is 166 Å². The zero-order valence-corrected chi connectivity index (χ0v) is 15.9. The molecule has 2 aromatic rings. The zero-order valence-electron chi connectivity index (χ0n) is 15.9. The van der Waals surface area contributed by atoms with Crippen LogP contribution in [0, 0.1) is 0 Å². The summed E-state index contributed by atoms with van der Waals surface area (Å²) in [6.07, 6.45) is 3.02. The van der Waals surface area contributed by atoms with Gasteiger partial charge in [0.25, 0.3) is 0 Å². The van der Waals surface area contributed by atoms with Gasteiger partial charge in [0.05, 0.1) is 6.61 Å². The highest BCUT2D eigenvalue weighted by Crippen LogP contribution is 2.29. The molecule has 2 aromatic carbocycles. The minimum atomic E-state index is -0.592. The van der Waals surface area contributed by atoms with Gasteiger partial charge in [0.2, 0.25) is 0 Å². The molecule has 8 nitrogen and oxygen atoms in total. The molecule has 2 N–H and O–H groups in total. The van der Waals surface area contributed by atoms with Gasteiger partial charge in [0, 0.05) is 26.3 Å². The second kappa shape index (κ2) is 9.93. The van der Waals surface area contributed by atoms with Crippen LogP contribution in [0.25, 0.3) is 6.08 Å². The summed E-state index contributed by atoms with van der Waals surface area (Å²) >= 11 is 0. The number of aromatic hydroxyl groups is 2. The summed E-state index contributed by atoms with van der Waals surface area (Å²) in [5.41, 5.74) is 1.22. The number of carbonyl (C=O) groups is 3. The summed E-state index contributed by atoms with van der Waals surface area (Å²) < 4.78 is 15.1. The number of rotatable bonds is 7. The fourth-order valence-corrected chi connectivity index (χ4v) is 2.31. The fraction of sp³-hybridized carbons (Fsp3) is 0.190. The predicted octanol–water partition coefficient (Wildman–Crippen LogP) is 2.75. The Bertz CT molecular complexity index is 946. The minimum Gasteiger partial charge on any atom is -0.504 e. The molecule has 0 saturated carbocycles. The van der Waals surface area contributed by atoms with Gasteiger partial charge in [0.15, 0.2) is 23.0 Å². The quantitative estimate of drug-likeness (QED) is 0.315. The summed E-state index contributed by atoms with van der Waals surface area (Å²) in [5.74, 6) is -2.06. The Kier molecular flexibility index (Phi) is 7.36. The average Bonchev–Trinajstić information content (AvgIpc) is 2.64. The molecular weight excluding hydrogens is 380 g/mol. The Morgan fingerprint density at radius 3 is 2.24 bits per heavy atom. The number of hydrogen-bond acceptors (Lipinski definition) is 8. The Balaban J connectivity index is 1.96. The summed E-state index contributed by atoms with van der Waals surface area (Å²) in [6, 6.07) is 8.83. The van der Waals surface area contributed by atoms with E-state index >= 15 is 0 Å². The van der Waals surface area contributed by atoms with Crippen molar-refractivity contribution >= 4 is 24.0 Å².